The Kier molecular flexibility index (Phi) is 3.87. The second-order valence-corrected chi connectivity index (χ2v) is 6.52. The molecule has 1 aliphatic heterocycles. The Labute approximate surface area is 162 Å². The number of hydrogen-bond acceptors (Lipinski definition) is 3. The van der Waals surface area contributed by atoms with Gasteiger partial charge in [0.25, 0.3) is 5.91 Å². The summed E-state index contributed by atoms with van der Waals surface area (Å²) in [6, 6.07) is 27.3. The third kappa shape index (κ3) is 2.81. The van der Waals surface area contributed by atoms with Gasteiger partial charge >= 0.3 is 0 Å². The maximum Gasteiger partial charge on any atom is 0.256 e. The number of hydrogen-bond donors (Lipinski definition) is 1. The highest BCUT2D eigenvalue weighted by atomic mass is 16.4. The molecule has 28 heavy (non-hydrogen) atoms. The van der Waals surface area contributed by atoms with E-state index in [0.717, 1.165) is 22.4 Å². The molecule has 2 heterocycles. The molecule has 1 aromatic heterocycles. The number of oxazole rings is 1. The van der Waals surface area contributed by atoms with Gasteiger partial charge in [0.1, 0.15) is 5.69 Å². The highest BCUT2D eigenvalue weighted by Crippen LogP contribution is 2.34. The summed E-state index contributed by atoms with van der Waals surface area (Å²) in [5.74, 6) is 1.04. The van der Waals surface area contributed by atoms with E-state index in [2.05, 4.69) is 5.32 Å². The van der Waals surface area contributed by atoms with Crippen LogP contribution in [0.2, 0.25) is 0 Å². The quantitative estimate of drug-likeness (QED) is 0.540. The first-order valence-electron chi connectivity index (χ1n) is 9.04. The van der Waals surface area contributed by atoms with Crippen molar-refractivity contribution in [1.82, 2.24) is 10.3 Å². The third-order valence-electron chi connectivity index (χ3n) is 4.70. The van der Waals surface area contributed by atoms with Gasteiger partial charge < -0.3 is 9.73 Å². The second-order valence-electron chi connectivity index (χ2n) is 6.52. The van der Waals surface area contributed by atoms with Crippen LogP contribution >= 0.6 is 0 Å². The molecule has 4 heteroatoms. The molecule has 4 aromatic rings. The summed E-state index contributed by atoms with van der Waals surface area (Å²) >= 11 is 0. The summed E-state index contributed by atoms with van der Waals surface area (Å²) < 4.78 is 6.13. The van der Waals surface area contributed by atoms with Crippen LogP contribution in [0.15, 0.2) is 89.3 Å². The standard InChI is InChI=1S/C24H16N2O2/c27-24-19-14-8-7-13-18(19)20(25-24)15-21-26-22(16-9-3-1-4-10-16)23(28-21)17-11-5-2-6-12-17/h1-15H,(H,25,27)/b20-15-. The number of benzene rings is 3. The van der Waals surface area contributed by atoms with Gasteiger partial charge in [0, 0.05) is 28.3 Å². The van der Waals surface area contributed by atoms with Gasteiger partial charge in [-0.05, 0) is 6.07 Å². The van der Waals surface area contributed by atoms with Crippen molar-refractivity contribution < 1.29 is 9.21 Å². The number of carbonyl (C=O) groups is 1. The van der Waals surface area contributed by atoms with E-state index < -0.39 is 0 Å². The van der Waals surface area contributed by atoms with Crippen molar-refractivity contribution in [2.24, 2.45) is 0 Å². The fourth-order valence-electron chi connectivity index (χ4n) is 3.39. The first kappa shape index (κ1) is 16.3. The van der Waals surface area contributed by atoms with Gasteiger partial charge in [-0.15, -0.1) is 0 Å². The molecule has 0 spiro atoms. The minimum absolute atomic E-state index is 0.111. The SMILES string of the molecule is O=C1N/C(=C\c2nc(-c3ccccc3)c(-c3ccccc3)o2)c2ccccc21. The van der Waals surface area contributed by atoms with Crippen LogP contribution in [0.1, 0.15) is 21.8 Å². The molecule has 0 bridgehead atoms. The zero-order valence-corrected chi connectivity index (χ0v) is 14.9. The minimum Gasteiger partial charge on any atom is -0.436 e. The Morgan fingerprint density at radius 3 is 2.07 bits per heavy atom. The maximum atomic E-state index is 12.2. The number of aromatic nitrogens is 1. The van der Waals surface area contributed by atoms with E-state index >= 15 is 0 Å². The number of nitrogens with one attached hydrogen (secondary N) is 1. The molecular formula is C24H16N2O2. The van der Waals surface area contributed by atoms with Crippen LogP contribution in [0.4, 0.5) is 0 Å². The molecule has 1 N–H and O–H groups in total. The lowest BCUT2D eigenvalue weighted by Crippen LogP contribution is -2.11. The van der Waals surface area contributed by atoms with Gasteiger partial charge in [-0.25, -0.2) is 4.98 Å². The molecule has 1 amide bonds. The van der Waals surface area contributed by atoms with Gasteiger partial charge in [-0.2, -0.15) is 0 Å². The Bertz CT molecular complexity index is 1130. The van der Waals surface area contributed by atoms with E-state index in [-0.39, 0.29) is 5.91 Å². The normalized spacial score (nSPS) is 14.1. The molecule has 4 nitrogen and oxygen atoms in total. The van der Waals surface area contributed by atoms with Crippen LogP contribution in [0.5, 0.6) is 0 Å². The summed E-state index contributed by atoms with van der Waals surface area (Å²) in [5, 5.41) is 2.90. The summed E-state index contributed by atoms with van der Waals surface area (Å²) in [6.45, 7) is 0. The van der Waals surface area contributed by atoms with Crippen molar-refractivity contribution in [3.8, 4) is 22.6 Å². The Morgan fingerprint density at radius 1 is 0.750 bits per heavy atom. The molecule has 0 radical (unpaired) electrons. The largest absolute Gasteiger partial charge is 0.436 e. The number of carbonyl (C=O) groups excluding carboxylic acids is 1. The third-order valence-corrected chi connectivity index (χ3v) is 4.70. The topological polar surface area (TPSA) is 55.1 Å². The highest BCUT2D eigenvalue weighted by Gasteiger charge is 2.24. The molecule has 0 saturated heterocycles. The van der Waals surface area contributed by atoms with E-state index in [9.17, 15) is 4.79 Å². The van der Waals surface area contributed by atoms with Crippen molar-refractivity contribution in [2.45, 2.75) is 0 Å². The van der Waals surface area contributed by atoms with E-state index in [4.69, 9.17) is 9.40 Å². The van der Waals surface area contributed by atoms with Crippen molar-refractivity contribution in [1.29, 1.82) is 0 Å². The van der Waals surface area contributed by atoms with Crippen LogP contribution in [0.25, 0.3) is 34.4 Å². The van der Waals surface area contributed by atoms with Crippen molar-refractivity contribution in [3.05, 3.63) is 102 Å². The smallest absolute Gasteiger partial charge is 0.256 e. The first-order chi connectivity index (χ1) is 13.8. The Balaban J connectivity index is 1.65. The molecule has 0 aliphatic carbocycles. The second kappa shape index (κ2) is 6.67. The molecule has 134 valence electrons. The van der Waals surface area contributed by atoms with Crippen LogP contribution in [0, 0.1) is 0 Å². The van der Waals surface area contributed by atoms with Gasteiger partial charge in [-0.1, -0.05) is 78.9 Å². The number of nitrogens with zero attached hydrogens (tertiary/aromatic N) is 1. The average molecular weight is 364 g/mol. The molecule has 1 aliphatic rings. The molecule has 0 fully saturated rings. The van der Waals surface area contributed by atoms with Crippen LogP contribution in [-0.2, 0) is 0 Å². The van der Waals surface area contributed by atoms with E-state index in [0.29, 0.717) is 22.9 Å². The van der Waals surface area contributed by atoms with E-state index in [1.165, 1.54) is 0 Å². The lowest BCUT2D eigenvalue weighted by molar-refractivity contribution is 0.0981. The molecule has 0 atom stereocenters. The zero-order valence-electron chi connectivity index (χ0n) is 14.9. The highest BCUT2D eigenvalue weighted by molar-refractivity contribution is 6.11. The lowest BCUT2D eigenvalue weighted by atomic mass is 10.1. The van der Waals surface area contributed by atoms with Crippen molar-refractivity contribution >= 4 is 17.7 Å². The van der Waals surface area contributed by atoms with Gasteiger partial charge in [0.15, 0.2) is 5.76 Å². The summed E-state index contributed by atoms with van der Waals surface area (Å²) in [6.07, 6.45) is 1.78. The van der Waals surface area contributed by atoms with Gasteiger partial charge in [0.05, 0.1) is 5.70 Å². The van der Waals surface area contributed by atoms with Gasteiger partial charge in [-0.3, -0.25) is 4.79 Å². The van der Waals surface area contributed by atoms with Crippen LogP contribution < -0.4 is 5.32 Å². The van der Waals surface area contributed by atoms with E-state index in [1.54, 1.807) is 6.08 Å². The molecular weight excluding hydrogens is 348 g/mol. The number of fused-ring (bicyclic) bond motifs is 1. The summed E-state index contributed by atoms with van der Waals surface area (Å²) in [4.78, 5) is 16.9. The predicted molar refractivity (Wildman–Crippen MR) is 109 cm³/mol. The monoisotopic (exact) mass is 364 g/mol. The molecule has 3 aromatic carbocycles. The zero-order chi connectivity index (χ0) is 18.9. The average Bonchev–Trinajstić information content (AvgIpc) is 3.31. The summed E-state index contributed by atoms with van der Waals surface area (Å²) in [5.41, 5.74) is 4.91. The van der Waals surface area contributed by atoms with Crippen molar-refractivity contribution in [2.75, 3.05) is 0 Å². The Hall–Kier alpha value is -3.92. The number of rotatable bonds is 3. The Morgan fingerprint density at radius 2 is 1.36 bits per heavy atom. The van der Waals surface area contributed by atoms with Crippen LogP contribution in [-0.4, -0.2) is 10.9 Å². The van der Waals surface area contributed by atoms with Gasteiger partial charge in [0.2, 0.25) is 5.89 Å². The molecule has 5 rings (SSSR count). The first-order valence-corrected chi connectivity index (χ1v) is 9.04. The molecule has 0 saturated carbocycles. The van der Waals surface area contributed by atoms with E-state index in [1.807, 2.05) is 84.9 Å². The fourth-order valence-corrected chi connectivity index (χ4v) is 3.39. The van der Waals surface area contributed by atoms with Crippen molar-refractivity contribution in [3.63, 3.8) is 0 Å². The molecule has 0 unspecified atom stereocenters. The summed E-state index contributed by atoms with van der Waals surface area (Å²) in [7, 11) is 0. The lowest BCUT2D eigenvalue weighted by Gasteiger charge is -2.00. The number of amides is 1. The maximum absolute atomic E-state index is 12.2. The minimum atomic E-state index is -0.111. The van der Waals surface area contributed by atoms with Crippen LogP contribution in [0.3, 0.4) is 0 Å². The predicted octanol–water partition coefficient (Wildman–Crippen LogP) is 5.25. The fraction of sp³-hybridized carbons (Fsp3) is 0.